The van der Waals surface area contributed by atoms with Gasteiger partial charge in [0, 0.05) is 5.37 Å². The molecular formula is C15H27Cl2NOS3. The highest BCUT2D eigenvalue weighted by atomic mass is 35.5. The molecule has 0 amide bonds. The molecule has 1 atom stereocenters. The van der Waals surface area contributed by atoms with Crippen LogP contribution in [0.25, 0.3) is 0 Å². The Morgan fingerprint density at radius 3 is 1.95 bits per heavy atom. The Kier molecular flexibility index (Phi) is 15.8. The SMILES string of the molecule is CCCCCCCCCCSC(C)N.O=c1ssc(Cl)c1Cl. The molecule has 1 unspecified atom stereocenters. The second kappa shape index (κ2) is 15.3. The molecule has 1 heterocycles. The normalized spacial score (nSPS) is 11.9. The van der Waals surface area contributed by atoms with Gasteiger partial charge in [-0.2, -0.15) is 0 Å². The van der Waals surface area contributed by atoms with Gasteiger partial charge < -0.3 is 5.73 Å². The fourth-order valence-electron chi connectivity index (χ4n) is 1.73. The summed E-state index contributed by atoms with van der Waals surface area (Å²) in [6.07, 6.45) is 11.2. The monoisotopic (exact) mass is 403 g/mol. The molecule has 0 aliphatic heterocycles. The minimum absolute atomic E-state index is 0.151. The maximum Gasteiger partial charge on any atom is 0.263 e. The highest BCUT2D eigenvalue weighted by Gasteiger charge is 2.03. The molecule has 0 saturated carbocycles. The van der Waals surface area contributed by atoms with Gasteiger partial charge in [-0.15, -0.1) is 11.8 Å². The summed E-state index contributed by atoms with van der Waals surface area (Å²) in [5, 5.41) is 0.473. The Bertz CT molecular complexity index is 421. The third-order valence-corrected chi connectivity index (χ3v) is 7.34. The van der Waals surface area contributed by atoms with Gasteiger partial charge in [-0.1, -0.05) is 85.4 Å². The number of thioether (sulfide) groups is 1. The van der Waals surface area contributed by atoms with Crippen molar-refractivity contribution in [3.05, 3.63) is 18.9 Å². The lowest BCUT2D eigenvalue weighted by atomic mass is 10.1. The van der Waals surface area contributed by atoms with Gasteiger partial charge in [0.1, 0.15) is 9.36 Å². The molecule has 0 spiro atoms. The summed E-state index contributed by atoms with van der Waals surface area (Å²) in [7, 11) is 2.25. The summed E-state index contributed by atoms with van der Waals surface area (Å²) in [5.41, 5.74) is 5.65. The molecule has 0 saturated heterocycles. The first-order chi connectivity index (χ1) is 10.5. The Morgan fingerprint density at radius 1 is 1.05 bits per heavy atom. The summed E-state index contributed by atoms with van der Waals surface area (Å²) in [4.78, 5) is 10.5. The fourth-order valence-corrected chi connectivity index (χ4v) is 4.91. The zero-order valence-electron chi connectivity index (χ0n) is 13.4. The molecule has 1 rings (SSSR count). The molecule has 22 heavy (non-hydrogen) atoms. The Labute approximate surface area is 156 Å². The van der Waals surface area contributed by atoms with E-state index in [4.69, 9.17) is 28.9 Å². The molecule has 2 nitrogen and oxygen atoms in total. The topological polar surface area (TPSA) is 43.1 Å². The van der Waals surface area contributed by atoms with Crippen molar-refractivity contribution in [3.63, 3.8) is 0 Å². The van der Waals surface area contributed by atoms with Crippen LogP contribution in [-0.2, 0) is 0 Å². The fraction of sp³-hybridized carbons (Fsp3) is 0.800. The summed E-state index contributed by atoms with van der Waals surface area (Å²) >= 11 is 12.7. The summed E-state index contributed by atoms with van der Waals surface area (Å²) in [6.45, 7) is 4.33. The van der Waals surface area contributed by atoms with Crippen molar-refractivity contribution in [1.82, 2.24) is 0 Å². The molecule has 0 aliphatic rings. The Balaban J connectivity index is 0.000000461. The molecule has 130 valence electrons. The van der Waals surface area contributed by atoms with Gasteiger partial charge in [-0.3, -0.25) is 4.79 Å². The van der Waals surface area contributed by atoms with E-state index in [1.807, 2.05) is 11.8 Å². The number of unbranched alkanes of at least 4 members (excludes halogenated alkanes) is 7. The van der Waals surface area contributed by atoms with E-state index >= 15 is 0 Å². The van der Waals surface area contributed by atoms with Crippen molar-refractivity contribution in [2.24, 2.45) is 5.73 Å². The Hall–Kier alpha value is 0.740. The molecule has 0 fully saturated rings. The van der Waals surface area contributed by atoms with Crippen molar-refractivity contribution in [2.75, 3.05) is 5.75 Å². The van der Waals surface area contributed by atoms with Crippen LogP contribution in [0.1, 0.15) is 65.2 Å². The molecule has 1 aromatic heterocycles. The van der Waals surface area contributed by atoms with Gasteiger partial charge in [-0.05, 0) is 29.4 Å². The first kappa shape index (κ1) is 22.7. The second-order valence-corrected chi connectivity index (χ2v) is 9.67. The lowest BCUT2D eigenvalue weighted by molar-refractivity contribution is 0.586. The van der Waals surface area contributed by atoms with E-state index in [2.05, 4.69) is 13.8 Å². The van der Waals surface area contributed by atoms with E-state index in [9.17, 15) is 4.79 Å². The quantitative estimate of drug-likeness (QED) is 0.270. The highest BCUT2D eigenvalue weighted by Crippen LogP contribution is 2.25. The van der Waals surface area contributed by atoms with Crippen LogP contribution in [0.15, 0.2) is 4.79 Å². The molecule has 0 bridgehead atoms. The minimum atomic E-state index is -0.151. The predicted octanol–water partition coefficient (Wildman–Crippen LogP) is 6.64. The van der Waals surface area contributed by atoms with Crippen LogP contribution in [0.5, 0.6) is 0 Å². The summed E-state index contributed by atoms with van der Waals surface area (Å²) in [6, 6.07) is 0. The third-order valence-electron chi connectivity index (χ3n) is 2.92. The van der Waals surface area contributed by atoms with E-state index in [1.54, 1.807) is 0 Å². The standard InChI is InChI=1S/C12H27NS.C3Cl2OS2/c1-3-4-5-6-7-8-9-10-11-14-12(2)13;4-1-2(5)7-8-3(1)6/h12H,3-11,13H2,1-2H3;. The van der Waals surface area contributed by atoms with Crippen molar-refractivity contribution >= 4 is 55.6 Å². The number of hydrogen-bond acceptors (Lipinski definition) is 5. The van der Waals surface area contributed by atoms with Crippen molar-refractivity contribution in [1.29, 1.82) is 0 Å². The van der Waals surface area contributed by atoms with Crippen LogP contribution in [0, 0.1) is 0 Å². The van der Waals surface area contributed by atoms with Gasteiger partial charge in [0.05, 0.1) is 0 Å². The molecular weight excluding hydrogens is 377 g/mol. The van der Waals surface area contributed by atoms with Gasteiger partial charge in [0.25, 0.3) is 4.74 Å². The zero-order chi connectivity index (χ0) is 16.8. The molecule has 2 N–H and O–H groups in total. The van der Waals surface area contributed by atoms with Crippen LogP contribution in [0.4, 0.5) is 0 Å². The Morgan fingerprint density at radius 2 is 1.59 bits per heavy atom. The van der Waals surface area contributed by atoms with Crippen molar-refractivity contribution in [3.8, 4) is 0 Å². The van der Waals surface area contributed by atoms with E-state index in [1.165, 1.54) is 67.5 Å². The van der Waals surface area contributed by atoms with E-state index < -0.39 is 0 Å². The maximum atomic E-state index is 10.5. The van der Waals surface area contributed by atoms with Gasteiger partial charge in [0.15, 0.2) is 0 Å². The van der Waals surface area contributed by atoms with E-state index in [0.717, 1.165) is 10.3 Å². The van der Waals surface area contributed by atoms with Crippen LogP contribution in [0.2, 0.25) is 9.36 Å². The molecule has 0 aromatic carbocycles. The maximum absolute atomic E-state index is 10.5. The summed E-state index contributed by atoms with van der Waals surface area (Å²) < 4.78 is 0.239. The van der Waals surface area contributed by atoms with Gasteiger partial charge >= 0.3 is 0 Å². The van der Waals surface area contributed by atoms with Crippen LogP contribution < -0.4 is 10.5 Å². The largest absolute Gasteiger partial charge is 0.320 e. The first-order valence-electron chi connectivity index (χ1n) is 7.80. The smallest absolute Gasteiger partial charge is 0.263 e. The van der Waals surface area contributed by atoms with Gasteiger partial charge in [-0.25, -0.2) is 0 Å². The lowest BCUT2D eigenvalue weighted by Crippen LogP contribution is -2.09. The van der Waals surface area contributed by atoms with E-state index in [-0.39, 0.29) is 9.77 Å². The summed E-state index contributed by atoms with van der Waals surface area (Å²) in [5.74, 6) is 1.24. The second-order valence-electron chi connectivity index (χ2n) is 5.09. The van der Waals surface area contributed by atoms with Gasteiger partial charge in [0.2, 0.25) is 0 Å². The molecule has 0 radical (unpaired) electrons. The zero-order valence-corrected chi connectivity index (χ0v) is 17.4. The first-order valence-corrected chi connectivity index (χ1v) is 11.8. The lowest BCUT2D eigenvalue weighted by Gasteiger charge is -2.04. The average Bonchev–Trinajstić information content (AvgIpc) is 2.77. The number of hydrogen-bond donors (Lipinski definition) is 1. The number of halogens is 2. The average molecular weight is 404 g/mol. The van der Waals surface area contributed by atoms with Crippen molar-refractivity contribution < 1.29 is 0 Å². The van der Waals surface area contributed by atoms with Crippen LogP contribution >= 0.6 is 55.6 Å². The van der Waals surface area contributed by atoms with E-state index in [0.29, 0.717) is 9.71 Å². The molecule has 7 heteroatoms. The minimum Gasteiger partial charge on any atom is -0.320 e. The predicted molar refractivity (Wildman–Crippen MR) is 107 cm³/mol. The number of rotatable bonds is 10. The highest BCUT2D eigenvalue weighted by molar-refractivity contribution is 7.99. The van der Waals surface area contributed by atoms with Crippen molar-refractivity contribution in [2.45, 2.75) is 70.6 Å². The van der Waals surface area contributed by atoms with Crippen LogP contribution in [0.3, 0.4) is 0 Å². The molecule has 1 aromatic rings. The molecule has 0 aliphatic carbocycles. The number of nitrogens with two attached hydrogens (primary N) is 1. The third kappa shape index (κ3) is 13.2. The van der Waals surface area contributed by atoms with Crippen LogP contribution in [-0.4, -0.2) is 11.1 Å².